The summed E-state index contributed by atoms with van der Waals surface area (Å²) in [5, 5.41) is 0. The molecule has 0 saturated heterocycles. The van der Waals surface area contributed by atoms with Gasteiger partial charge in [0.1, 0.15) is 0 Å². The fourth-order valence-corrected chi connectivity index (χ4v) is 1.53. The molecule has 0 aliphatic rings. The summed E-state index contributed by atoms with van der Waals surface area (Å²) in [6.45, 7) is 3.68. The van der Waals surface area contributed by atoms with Crippen LogP contribution in [-0.2, 0) is 0 Å². The average molecular weight is 287 g/mol. The number of nitrogens with two attached hydrogens (primary N) is 1. The third-order valence-corrected chi connectivity index (χ3v) is 2.70. The summed E-state index contributed by atoms with van der Waals surface area (Å²) in [4.78, 5) is 0. The van der Waals surface area contributed by atoms with Crippen molar-refractivity contribution in [3.63, 3.8) is 0 Å². The molecule has 1 nitrogen and oxygen atoms in total. The Morgan fingerprint density at radius 2 is 2.00 bits per heavy atom. The van der Waals surface area contributed by atoms with Gasteiger partial charge in [0.15, 0.2) is 0 Å². The molecule has 1 aromatic carbocycles. The van der Waals surface area contributed by atoms with Crippen LogP contribution in [-0.4, -0.2) is 0 Å². The third kappa shape index (κ3) is 3.48. The second-order valence-corrected chi connectivity index (χ2v) is 4.27. The normalized spacial score (nSPS) is 12.5. The van der Waals surface area contributed by atoms with Crippen LogP contribution in [0.1, 0.15) is 24.4 Å². The first-order valence-corrected chi connectivity index (χ1v) is 5.44. The van der Waals surface area contributed by atoms with E-state index in [1.807, 2.05) is 6.08 Å². The predicted molar refractivity (Wildman–Crippen MR) is 65.5 cm³/mol. The second kappa shape index (κ2) is 5.40. The van der Waals surface area contributed by atoms with E-state index in [-0.39, 0.29) is 6.04 Å². The minimum absolute atomic E-state index is 0.148. The summed E-state index contributed by atoms with van der Waals surface area (Å²) in [5.74, 6) is 0. The fraction of sp³-hybridized carbons (Fsp3) is 0.273. The highest BCUT2D eigenvalue weighted by atomic mass is 127. The van der Waals surface area contributed by atoms with E-state index < -0.39 is 0 Å². The Labute approximate surface area is 93.2 Å². The molecule has 0 saturated carbocycles. The van der Waals surface area contributed by atoms with Gasteiger partial charge in [0.2, 0.25) is 0 Å². The molecule has 0 unspecified atom stereocenters. The lowest BCUT2D eigenvalue weighted by atomic mass is 10.0. The monoisotopic (exact) mass is 287 g/mol. The summed E-state index contributed by atoms with van der Waals surface area (Å²) in [5.41, 5.74) is 7.19. The lowest BCUT2D eigenvalue weighted by Gasteiger charge is -2.10. The quantitative estimate of drug-likeness (QED) is 0.667. The SMILES string of the molecule is C=CCC[C@@H](N)c1ccc(I)cc1. The molecule has 0 aromatic heterocycles. The molecule has 70 valence electrons. The van der Waals surface area contributed by atoms with Gasteiger partial charge < -0.3 is 5.73 Å². The van der Waals surface area contributed by atoms with Gasteiger partial charge in [-0.3, -0.25) is 0 Å². The maximum atomic E-state index is 5.98. The van der Waals surface area contributed by atoms with Crippen LogP contribution in [0.2, 0.25) is 0 Å². The number of rotatable bonds is 4. The molecule has 0 bridgehead atoms. The maximum Gasteiger partial charge on any atom is 0.0297 e. The van der Waals surface area contributed by atoms with Gasteiger partial charge in [0.05, 0.1) is 0 Å². The Morgan fingerprint density at radius 3 is 2.54 bits per heavy atom. The Balaban J connectivity index is 2.60. The van der Waals surface area contributed by atoms with Gasteiger partial charge in [-0.15, -0.1) is 6.58 Å². The number of hydrogen-bond donors (Lipinski definition) is 1. The van der Waals surface area contributed by atoms with Gasteiger partial charge in [0, 0.05) is 9.61 Å². The van der Waals surface area contributed by atoms with E-state index in [2.05, 4.69) is 53.4 Å². The molecule has 0 aliphatic heterocycles. The summed E-state index contributed by atoms with van der Waals surface area (Å²) < 4.78 is 1.25. The zero-order valence-corrected chi connectivity index (χ0v) is 9.70. The molecule has 2 heteroatoms. The van der Waals surface area contributed by atoms with E-state index >= 15 is 0 Å². The Morgan fingerprint density at radius 1 is 1.38 bits per heavy atom. The van der Waals surface area contributed by atoms with Crippen LogP contribution in [0.4, 0.5) is 0 Å². The zero-order chi connectivity index (χ0) is 9.68. The first kappa shape index (κ1) is 10.7. The van der Waals surface area contributed by atoms with Crippen LogP contribution in [0, 0.1) is 3.57 Å². The van der Waals surface area contributed by atoms with Crippen molar-refractivity contribution in [1.82, 2.24) is 0 Å². The standard InChI is InChI=1S/C11H14IN/c1-2-3-4-11(13)9-5-7-10(12)8-6-9/h2,5-8,11H,1,3-4,13H2/t11-/m1/s1. The predicted octanol–water partition coefficient (Wildman–Crippen LogP) is 3.26. The Hall–Kier alpha value is -0.350. The van der Waals surface area contributed by atoms with Gasteiger partial charge >= 0.3 is 0 Å². The van der Waals surface area contributed by atoms with Crippen LogP contribution < -0.4 is 5.73 Å². The van der Waals surface area contributed by atoms with Crippen molar-refractivity contribution in [1.29, 1.82) is 0 Å². The van der Waals surface area contributed by atoms with E-state index in [9.17, 15) is 0 Å². The number of benzene rings is 1. The van der Waals surface area contributed by atoms with Gasteiger partial charge in [-0.25, -0.2) is 0 Å². The molecule has 1 aromatic rings. The molecule has 0 fully saturated rings. The van der Waals surface area contributed by atoms with Crippen molar-refractivity contribution in [3.8, 4) is 0 Å². The van der Waals surface area contributed by atoms with E-state index in [1.165, 1.54) is 9.13 Å². The first-order chi connectivity index (χ1) is 6.24. The summed E-state index contributed by atoms with van der Waals surface area (Å²) in [7, 11) is 0. The highest BCUT2D eigenvalue weighted by Crippen LogP contribution is 2.17. The van der Waals surface area contributed by atoms with Crippen molar-refractivity contribution >= 4 is 22.6 Å². The second-order valence-electron chi connectivity index (χ2n) is 3.02. The molecular formula is C11H14IN. The van der Waals surface area contributed by atoms with Crippen LogP contribution in [0.3, 0.4) is 0 Å². The minimum Gasteiger partial charge on any atom is -0.324 e. The highest BCUT2D eigenvalue weighted by Gasteiger charge is 2.03. The van der Waals surface area contributed by atoms with E-state index in [1.54, 1.807) is 0 Å². The lowest BCUT2D eigenvalue weighted by Crippen LogP contribution is -2.09. The molecule has 2 N–H and O–H groups in total. The van der Waals surface area contributed by atoms with Crippen LogP contribution in [0.15, 0.2) is 36.9 Å². The molecule has 0 heterocycles. The largest absolute Gasteiger partial charge is 0.324 e. The van der Waals surface area contributed by atoms with E-state index in [4.69, 9.17) is 5.73 Å². The van der Waals surface area contributed by atoms with Crippen LogP contribution in [0.5, 0.6) is 0 Å². The van der Waals surface area contributed by atoms with Crippen molar-refractivity contribution in [2.24, 2.45) is 5.73 Å². The van der Waals surface area contributed by atoms with Crippen molar-refractivity contribution in [2.75, 3.05) is 0 Å². The number of hydrogen-bond acceptors (Lipinski definition) is 1. The molecular weight excluding hydrogens is 273 g/mol. The molecule has 0 amide bonds. The van der Waals surface area contributed by atoms with Crippen molar-refractivity contribution in [3.05, 3.63) is 46.1 Å². The molecule has 1 atom stereocenters. The Bertz CT molecular complexity index is 266. The smallest absolute Gasteiger partial charge is 0.0297 e. The lowest BCUT2D eigenvalue weighted by molar-refractivity contribution is 0.661. The number of halogens is 1. The van der Waals surface area contributed by atoms with Crippen molar-refractivity contribution in [2.45, 2.75) is 18.9 Å². The number of allylic oxidation sites excluding steroid dienone is 1. The summed E-state index contributed by atoms with van der Waals surface area (Å²) in [6.07, 6.45) is 3.86. The molecule has 1 rings (SSSR count). The van der Waals surface area contributed by atoms with E-state index in [0.717, 1.165) is 12.8 Å². The topological polar surface area (TPSA) is 26.0 Å². The minimum atomic E-state index is 0.148. The van der Waals surface area contributed by atoms with Gasteiger partial charge in [-0.05, 0) is 53.1 Å². The first-order valence-electron chi connectivity index (χ1n) is 4.36. The highest BCUT2D eigenvalue weighted by molar-refractivity contribution is 14.1. The summed E-state index contributed by atoms with van der Waals surface area (Å²) in [6, 6.07) is 8.51. The molecule has 0 radical (unpaired) electrons. The molecule has 13 heavy (non-hydrogen) atoms. The van der Waals surface area contributed by atoms with Gasteiger partial charge in [0.25, 0.3) is 0 Å². The van der Waals surface area contributed by atoms with Crippen LogP contribution >= 0.6 is 22.6 Å². The Kier molecular flexibility index (Phi) is 4.45. The maximum absolute atomic E-state index is 5.98. The zero-order valence-electron chi connectivity index (χ0n) is 7.54. The molecule has 0 spiro atoms. The van der Waals surface area contributed by atoms with Gasteiger partial charge in [-0.1, -0.05) is 18.2 Å². The average Bonchev–Trinajstić information content (AvgIpc) is 2.15. The van der Waals surface area contributed by atoms with E-state index in [0.29, 0.717) is 0 Å². The molecule has 0 aliphatic carbocycles. The fourth-order valence-electron chi connectivity index (χ4n) is 1.17. The van der Waals surface area contributed by atoms with Gasteiger partial charge in [-0.2, -0.15) is 0 Å². The van der Waals surface area contributed by atoms with Crippen LogP contribution in [0.25, 0.3) is 0 Å². The van der Waals surface area contributed by atoms with Crippen molar-refractivity contribution < 1.29 is 0 Å². The third-order valence-electron chi connectivity index (χ3n) is 1.98. The summed E-state index contributed by atoms with van der Waals surface area (Å²) >= 11 is 2.29.